The topological polar surface area (TPSA) is 130 Å². The van der Waals surface area contributed by atoms with E-state index in [1.165, 1.54) is 25.3 Å². The lowest BCUT2D eigenvalue weighted by Gasteiger charge is -2.44. The zero-order valence-electron chi connectivity index (χ0n) is 35.9. The summed E-state index contributed by atoms with van der Waals surface area (Å²) in [6.07, 6.45) is 2.97. The van der Waals surface area contributed by atoms with Gasteiger partial charge in [0, 0.05) is 25.7 Å². The van der Waals surface area contributed by atoms with Gasteiger partial charge in [0.15, 0.2) is 0 Å². The summed E-state index contributed by atoms with van der Waals surface area (Å²) in [6, 6.07) is 22.7. The minimum absolute atomic E-state index is 0.0175. The molecule has 11 nitrogen and oxygen atoms in total. The van der Waals surface area contributed by atoms with Gasteiger partial charge in [-0.05, 0) is 145 Å². The number of nitrogens with one attached hydrogen (secondary N) is 2. The van der Waals surface area contributed by atoms with Crippen molar-refractivity contribution in [3.05, 3.63) is 124 Å². The molecule has 4 aromatic carbocycles. The normalized spacial score (nSPS) is 23.7. The summed E-state index contributed by atoms with van der Waals surface area (Å²) >= 11 is 0. The van der Waals surface area contributed by atoms with Crippen molar-refractivity contribution in [3.8, 4) is 22.3 Å². The molecule has 3 N–H and O–H groups in total. The number of nitrogens with zero attached hydrogens (tertiary/aromatic N) is 2. The molecule has 1 spiro atoms. The number of benzene rings is 4. The number of hydrogen-bond donors (Lipinski definition) is 3. The van der Waals surface area contributed by atoms with Crippen molar-refractivity contribution >= 4 is 23.4 Å². The number of aliphatic hydroxyl groups excluding tert-OH is 1. The smallest absolute Gasteiger partial charge is 0.331 e. The first kappa shape index (κ1) is 43.2. The Labute approximate surface area is 360 Å². The molecule has 0 bridgehead atoms. The van der Waals surface area contributed by atoms with E-state index in [4.69, 9.17) is 14.4 Å². The number of aryl methyl sites for hydroxylation is 2. The van der Waals surface area contributed by atoms with Gasteiger partial charge in [0.25, 0.3) is 5.91 Å². The Morgan fingerprint density at radius 1 is 0.823 bits per heavy atom. The molecular weight excluding hydrogens is 795 g/mol. The largest absolute Gasteiger partial charge is 0.509 e. The second-order valence-electron chi connectivity index (χ2n) is 17.4. The molecule has 3 aliphatic heterocycles. The third-order valence-corrected chi connectivity index (χ3v) is 13.7. The number of carbonyl (C=O) groups is 3. The highest BCUT2D eigenvalue weighted by atomic mass is 19.1. The van der Waals surface area contributed by atoms with Crippen LogP contribution in [0, 0.1) is 37.3 Å². The molecule has 3 heterocycles. The Morgan fingerprint density at radius 2 is 1.47 bits per heavy atom. The van der Waals surface area contributed by atoms with Crippen LogP contribution < -0.4 is 10.6 Å². The highest BCUT2D eigenvalue weighted by molar-refractivity contribution is 6.23. The third-order valence-electron chi connectivity index (χ3n) is 13.7. The number of ether oxygens (including phenoxy) is 1. The molecule has 0 aromatic heterocycles. The van der Waals surface area contributed by atoms with Gasteiger partial charge in [0.1, 0.15) is 28.5 Å². The van der Waals surface area contributed by atoms with E-state index in [9.17, 15) is 23.9 Å². The summed E-state index contributed by atoms with van der Waals surface area (Å²) in [4.78, 5) is 51.3. The van der Waals surface area contributed by atoms with E-state index < -0.39 is 17.0 Å². The average Bonchev–Trinajstić information content (AvgIpc) is 4.00. The number of carbonyl (C=O) groups excluding carboxylic acids is 3. The van der Waals surface area contributed by atoms with Crippen molar-refractivity contribution in [3.63, 3.8) is 0 Å². The molecule has 326 valence electrons. The van der Waals surface area contributed by atoms with Gasteiger partial charge in [0.05, 0.1) is 33.3 Å². The van der Waals surface area contributed by atoms with Gasteiger partial charge >= 0.3 is 5.97 Å². The lowest BCUT2D eigenvalue weighted by atomic mass is 9.80. The highest BCUT2D eigenvalue weighted by Crippen LogP contribution is 2.52. The van der Waals surface area contributed by atoms with Gasteiger partial charge in [-0.3, -0.25) is 9.59 Å². The van der Waals surface area contributed by atoms with Crippen molar-refractivity contribution < 1.29 is 42.7 Å². The Bertz CT molecular complexity index is 2410. The molecule has 4 unspecified atom stereocenters. The van der Waals surface area contributed by atoms with Crippen LogP contribution in [0.2, 0.25) is 0 Å². The fraction of sp³-hybridized carbons (Fsp3) is 0.408. The van der Waals surface area contributed by atoms with Crippen LogP contribution in [0.5, 0.6) is 0 Å². The number of halogens is 2. The quantitative estimate of drug-likeness (QED) is 0.127. The number of methoxy groups -OCH3 is 1. The molecule has 1 aliphatic carbocycles. The molecule has 2 saturated heterocycles. The standard InChI is InChI=1S/C49H54F2N4O7/c1-29-6-8-32(22-35(29)27-43(56)52-48(47(59)60-3)16-19-54(61-4)20-17-48)33-12-15-41(51)37(23-33)24-36-26-40(36)42-28-49(18-21-55(42)62-5)45(57)44(46(58)53-49)39-25-34(9-7-30(39)2)31-10-13-38(50)14-11-31/h6-15,22-23,25,36,40,42,57H,16-21,24,26-28H2,1-5H3,(H,52,56)(H,53,58). The first-order valence-corrected chi connectivity index (χ1v) is 21.3. The maximum absolute atomic E-state index is 15.6. The number of esters is 1. The Kier molecular flexibility index (Phi) is 12.1. The molecule has 4 atom stereocenters. The van der Waals surface area contributed by atoms with E-state index in [0.29, 0.717) is 62.9 Å². The van der Waals surface area contributed by atoms with Gasteiger partial charge < -0.3 is 30.2 Å². The van der Waals surface area contributed by atoms with Crippen molar-refractivity contribution in [2.75, 3.05) is 41.0 Å². The second kappa shape index (κ2) is 17.4. The van der Waals surface area contributed by atoms with Crippen LogP contribution in [0.4, 0.5) is 8.78 Å². The third kappa shape index (κ3) is 8.38. The molecule has 0 radical (unpaired) electrons. The maximum Gasteiger partial charge on any atom is 0.331 e. The molecule has 1 saturated carbocycles. The van der Waals surface area contributed by atoms with Gasteiger partial charge in [-0.1, -0.05) is 48.5 Å². The second-order valence-corrected chi connectivity index (χ2v) is 17.4. The van der Waals surface area contributed by atoms with Crippen LogP contribution >= 0.6 is 0 Å². The van der Waals surface area contributed by atoms with Crippen LogP contribution in [0.3, 0.4) is 0 Å². The molecule has 62 heavy (non-hydrogen) atoms. The molecule has 13 heteroatoms. The predicted octanol–water partition coefficient (Wildman–Crippen LogP) is 7.19. The Hall–Kier alpha value is -5.47. The van der Waals surface area contributed by atoms with E-state index in [-0.39, 0.29) is 59.1 Å². The number of hydroxylamine groups is 4. The number of piperidine rings is 2. The van der Waals surface area contributed by atoms with Crippen LogP contribution in [0.1, 0.15) is 59.9 Å². The van der Waals surface area contributed by atoms with E-state index in [1.807, 2.05) is 61.4 Å². The SMILES string of the molecule is COC(=O)C1(NC(=O)Cc2cc(-c3ccc(F)c(CC4CC4C4CC5(CCN4OC)NC(=O)C(c4cc(-c6ccc(F)cc6)ccc4C)=C5O)c3)ccc2C)CCN(OC)CC1. The van der Waals surface area contributed by atoms with Gasteiger partial charge in [-0.2, -0.15) is 10.1 Å². The van der Waals surface area contributed by atoms with Crippen LogP contribution in [-0.4, -0.2) is 91.1 Å². The van der Waals surface area contributed by atoms with Crippen molar-refractivity contribution in [2.24, 2.45) is 11.8 Å². The summed E-state index contributed by atoms with van der Waals surface area (Å²) in [5, 5.41) is 21.8. The van der Waals surface area contributed by atoms with E-state index in [1.54, 1.807) is 37.5 Å². The average molecular weight is 849 g/mol. The van der Waals surface area contributed by atoms with E-state index in [0.717, 1.165) is 45.4 Å². The van der Waals surface area contributed by atoms with Crippen LogP contribution in [0.15, 0.2) is 84.6 Å². The summed E-state index contributed by atoms with van der Waals surface area (Å²) in [7, 11) is 4.53. The van der Waals surface area contributed by atoms with Crippen LogP contribution in [0.25, 0.3) is 27.8 Å². The Balaban J connectivity index is 0.973. The minimum Gasteiger partial charge on any atom is -0.509 e. The van der Waals surface area contributed by atoms with E-state index in [2.05, 4.69) is 10.6 Å². The molecule has 4 aliphatic rings. The summed E-state index contributed by atoms with van der Waals surface area (Å²) in [5.74, 6) is -1.45. The van der Waals surface area contributed by atoms with E-state index >= 15 is 4.39 Å². The van der Waals surface area contributed by atoms with Gasteiger partial charge in [-0.15, -0.1) is 0 Å². The minimum atomic E-state index is -1.14. The number of hydrogen-bond acceptors (Lipinski definition) is 9. The zero-order chi connectivity index (χ0) is 43.9. The summed E-state index contributed by atoms with van der Waals surface area (Å²) in [6.45, 7) is 5.25. The van der Waals surface area contributed by atoms with Crippen LogP contribution in [-0.2, 0) is 41.6 Å². The fourth-order valence-corrected chi connectivity index (χ4v) is 9.92. The summed E-state index contributed by atoms with van der Waals surface area (Å²) in [5.41, 5.74) is 5.15. The highest BCUT2D eigenvalue weighted by Gasteiger charge is 2.56. The fourth-order valence-electron chi connectivity index (χ4n) is 9.92. The van der Waals surface area contributed by atoms with Crippen molar-refractivity contribution in [2.45, 2.75) is 75.9 Å². The molecule has 8 rings (SSSR count). The molecular formula is C49H54F2N4O7. The number of rotatable bonds is 12. The number of amides is 2. The van der Waals surface area contributed by atoms with Gasteiger partial charge in [-0.25, -0.2) is 13.6 Å². The molecule has 4 aromatic rings. The predicted molar refractivity (Wildman–Crippen MR) is 230 cm³/mol. The molecule has 2 amide bonds. The first-order valence-electron chi connectivity index (χ1n) is 21.3. The Morgan fingerprint density at radius 3 is 2.15 bits per heavy atom. The molecule has 3 fully saturated rings. The maximum atomic E-state index is 15.6. The first-order chi connectivity index (χ1) is 29.8. The number of aliphatic hydroxyl groups is 1. The lowest BCUT2D eigenvalue weighted by molar-refractivity contribution is -0.190. The van der Waals surface area contributed by atoms with Crippen molar-refractivity contribution in [1.29, 1.82) is 0 Å². The van der Waals surface area contributed by atoms with Crippen molar-refractivity contribution in [1.82, 2.24) is 20.8 Å². The lowest BCUT2D eigenvalue weighted by Crippen LogP contribution is -2.60. The zero-order valence-corrected chi connectivity index (χ0v) is 35.9. The monoisotopic (exact) mass is 848 g/mol. The summed E-state index contributed by atoms with van der Waals surface area (Å²) < 4.78 is 34.4. The van der Waals surface area contributed by atoms with Gasteiger partial charge in [0.2, 0.25) is 5.91 Å².